The SMILES string of the molecule is CN1CCN(Cc2ccccc2CCN)CC1. The van der Waals surface area contributed by atoms with Crippen molar-refractivity contribution in [1.29, 1.82) is 0 Å². The molecule has 1 aromatic rings. The average Bonchev–Trinajstić information content (AvgIpc) is 2.35. The van der Waals surface area contributed by atoms with E-state index in [2.05, 4.69) is 41.1 Å². The van der Waals surface area contributed by atoms with E-state index in [0.29, 0.717) is 0 Å². The fraction of sp³-hybridized carbons (Fsp3) is 0.571. The second-order valence-corrected chi connectivity index (χ2v) is 4.89. The van der Waals surface area contributed by atoms with Gasteiger partial charge >= 0.3 is 0 Å². The van der Waals surface area contributed by atoms with Gasteiger partial charge in [-0.15, -0.1) is 0 Å². The van der Waals surface area contributed by atoms with Crippen molar-refractivity contribution in [3.8, 4) is 0 Å². The molecule has 3 heteroatoms. The summed E-state index contributed by atoms with van der Waals surface area (Å²) in [5.41, 5.74) is 8.52. The molecule has 0 aromatic heterocycles. The topological polar surface area (TPSA) is 32.5 Å². The number of hydrogen-bond acceptors (Lipinski definition) is 3. The van der Waals surface area contributed by atoms with Crippen molar-refractivity contribution >= 4 is 0 Å². The van der Waals surface area contributed by atoms with Gasteiger partial charge in [0.1, 0.15) is 0 Å². The van der Waals surface area contributed by atoms with Crippen LogP contribution in [0.25, 0.3) is 0 Å². The van der Waals surface area contributed by atoms with Crippen LogP contribution in [-0.4, -0.2) is 49.6 Å². The molecule has 1 fully saturated rings. The van der Waals surface area contributed by atoms with Gasteiger partial charge in [0, 0.05) is 32.7 Å². The standard InChI is InChI=1S/C14H23N3/c1-16-8-10-17(11-9-16)12-14-5-3-2-4-13(14)6-7-15/h2-5H,6-12,15H2,1H3. The summed E-state index contributed by atoms with van der Waals surface area (Å²) in [5.74, 6) is 0. The van der Waals surface area contributed by atoms with Crippen molar-refractivity contribution in [2.24, 2.45) is 5.73 Å². The van der Waals surface area contributed by atoms with E-state index in [9.17, 15) is 0 Å². The molecule has 0 spiro atoms. The number of hydrogen-bond donors (Lipinski definition) is 1. The first-order valence-corrected chi connectivity index (χ1v) is 6.47. The fourth-order valence-electron chi connectivity index (χ4n) is 2.36. The molecule has 1 aliphatic rings. The lowest BCUT2D eigenvalue weighted by atomic mass is 10.0. The number of rotatable bonds is 4. The molecule has 1 saturated heterocycles. The van der Waals surface area contributed by atoms with Gasteiger partial charge in [-0.25, -0.2) is 0 Å². The van der Waals surface area contributed by atoms with E-state index in [1.165, 1.54) is 37.3 Å². The molecule has 2 N–H and O–H groups in total. The molecule has 0 unspecified atom stereocenters. The number of piperazine rings is 1. The minimum Gasteiger partial charge on any atom is -0.330 e. The van der Waals surface area contributed by atoms with Crippen LogP contribution >= 0.6 is 0 Å². The molecule has 94 valence electrons. The minimum absolute atomic E-state index is 0.736. The Balaban J connectivity index is 1.98. The van der Waals surface area contributed by atoms with Crippen LogP contribution < -0.4 is 5.73 Å². The van der Waals surface area contributed by atoms with Crippen LogP contribution in [-0.2, 0) is 13.0 Å². The zero-order valence-electron chi connectivity index (χ0n) is 10.7. The molecule has 0 amide bonds. The van der Waals surface area contributed by atoms with E-state index in [4.69, 9.17) is 5.73 Å². The van der Waals surface area contributed by atoms with Crippen LogP contribution in [0.15, 0.2) is 24.3 Å². The van der Waals surface area contributed by atoms with Gasteiger partial charge in [0.2, 0.25) is 0 Å². The first kappa shape index (κ1) is 12.6. The Morgan fingerprint density at radius 1 is 1.06 bits per heavy atom. The summed E-state index contributed by atoms with van der Waals surface area (Å²) in [6.07, 6.45) is 0.990. The molecule has 0 atom stereocenters. The number of nitrogens with zero attached hydrogens (tertiary/aromatic N) is 2. The first-order valence-electron chi connectivity index (χ1n) is 6.47. The molecule has 17 heavy (non-hydrogen) atoms. The van der Waals surface area contributed by atoms with Gasteiger partial charge in [0.15, 0.2) is 0 Å². The fourth-order valence-corrected chi connectivity index (χ4v) is 2.36. The van der Waals surface area contributed by atoms with E-state index < -0.39 is 0 Å². The summed E-state index contributed by atoms with van der Waals surface area (Å²) in [7, 11) is 2.19. The van der Waals surface area contributed by atoms with Gasteiger partial charge in [-0.05, 0) is 31.1 Å². The molecule has 1 aromatic carbocycles. The van der Waals surface area contributed by atoms with E-state index in [1.807, 2.05) is 0 Å². The van der Waals surface area contributed by atoms with E-state index >= 15 is 0 Å². The summed E-state index contributed by atoms with van der Waals surface area (Å²) in [6, 6.07) is 8.69. The smallest absolute Gasteiger partial charge is 0.0237 e. The molecule has 2 rings (SSSR count). The number of likely N-dealkylation sites (N-methyl/N-ethyl adjacent to an activating group) is 1. The van der Waals surface area contributed by atoms with Gasteiger partial charge in [-0.1, -0.05) is 24.3 Å². The summed E-state index contributed by atoms with van der Waals surface area (Å²) < 4.78 is 0. The maximum absolute atomic E-state index is 5.66. The Bertz CT molecular complexity index is 343. The van der Waals surface area contributed by atoms with Gasteiger partial charge < -0.3 is 10.6 Å². The van der Waals surface area contributed by atoms with Crippen molar-refractivity contribution in [1.82, 2.24) is 9.80 Å². The molecule has 0 bridgehead atoms. The maximum atomic E-state index is 5.66. The van der Waals surface area contributed by atoms with Crippen molar-refractivity contribution in [3.63, 3.8) is 0 Å². The van der Waals surface area contributed by atoms with Crippen molar-refractivity contribution in [2.75, 3.05) is 39.8 Å². The predicted molar refractivity (Wildman–Crippen MR) is 72.0 cm³/mol. The normalized spacial score (nSPS) is 18.5. The highest BCUT2D eigenvalue weighted by Gasteiger charge is 2.14. The second kappa shape index (κ2) is 6.15. The quantitative estimate of drug-likeness (QED) is 0.840. The molecule has 0 aliphatic carbocycles. The third kappa shape index (κ3) is 3.53. The Morgan fingerprint density at radius 3 is 2.35 bits per heavy atom. The van der Waals surface area contributed by atoms with Crippen LogP contribution in [0.5, 0.6) is 0 Å². The van der Waals surface area contributed by atoms with E-state index in [1.54, 1.807) is 0 Å². The van der Waals surface area contributed by atoms with Crippen LogP contribution in [0.2, 0.25) is 0 Å². The molecular weight excluding hydrogens is 210 g/mol. The highest BCUT2D eigenvalue weighted by molar-refractivity contribution is 5.27. The zero-order valence-corrected chi connectivity index (χ0v) is 10.7. The van der Waals surface area contributed by atoms with Crippen molar-refractivity contribution in [3.05, 3.63) is 35.4 Å². The monoisotopic (exact) mass is 233 g/mol. The molecule has 3 nitrogen and oxygen atoms in total. The minimum atomic E-state index is 0.736. The Kier molecular flexibility index (Phi) is 4.54. The van der Waals surface area contributed by atoms with Crippen LogP contribution in [0.1, 0.15) is 11.1 Å². The summed E-state index contributed by atoms with van der Waals surface area (Å²) in [4.78, 5) is 4.93. The van der Waals surface area contributed by atoms with E-state index in [-0.39, 0.29) is 0 Å². The third-order valence-corrected chi connectivity index (χ3v) is 3.52. The Morgan fingerprint density at radius 2 is 1.71 bits per heavy atom. The number of benzene rings is 1. The third-order valence-electron chi connectivity index (χ3n) is 3.52. The van der Waals surface area contributed by atoms with Crippen molar-refractivity contribution < 1.29 is 0 Å². The lowest BCUT2D eigenvalue weighted by Crippen LogP contribution is -2.44. The molecule has 0 saturated carbocycles. The van der Waals surface area contributed by atoms with Crippen molar-refractivity contribution in [2.45, 2.75) is 13.0 Å². The lowest BCUT2D eigenvalue weighted by Gasteiger charge is -2.32. The van der Waals surface area contributed by atoms with E-state index in [0.717, 1.165) is 19.5 Å². The number of nitrogens with two attached hydrogens (primary N) is 1. The first-order chi connectivity index (χ1) is 8.29. The molecule has 0 radical (unpaired) electrons. The van der Waals surface area contributed by atoms with Gasteiger partial charge in [0.25, 0.3) is 0 Å². The van der Waals surface area contributed by atoms with Crippen LogP contribution in [0.4, 0.5) is 0 Å². The predicted octanol–water partition coefficient (Wildman–Crippen LogP) is 0.935. The Labute approximate surface area is 104 Å². The largest absolute Gasteiger partial charge is 0.330 e. The van der Waals surface area contributed by atoms with Gasteiger partial charge in [-0.3, -0.25) is 4.90 Å². The molecule has 1 heterocycles. The van der Waals surface area contributed by atoms with Gasteiger partial charge in [-0.2, -0.15) is 0 Å². The maximum Gasteiger partial charge on any atom is 0.0237 e. The van der Waals surface area contributed by atoms with Gasteiger partial charge in [0.05, 0.1) is 0 Å². The average molecular weight is 233 g/mol. The summed E-state index contributed by atoms with van der Waals surface area (Å²) in [6.45, 7) is 6.52. The second-order valence-electron chi connectivity index (χ2n) is 4.89. The molecule has 1 aliphatic heterocycles. The zero-order chi connectivity index (χ0) is 12.1. The van der Waals surface area contributed by atoms with Crippen LogP contribution in [0.3, 0.4) is 0 Å². The van der Waals surface area contributed by atoms with Crippen LogP contribution in [0, 0.1) is 0 Å². The molecular formula is C14H23N3. The highest BCUT2D eigenvalue weighted by atomic mass is 15.2. The summed E-state index contributed by atoms with van der Waals surface area (Å²) in [5, 5.41) is 0. The summed E-state index contributed by atoms with van der Waals surface area (Å²) >= 11 is 0. The highest BCUT2D eigenvalue weighted by Crippen LogP contribution is 2.13. The Hall–Kier alpha value is -0.900. The lowest BCUT2D eigenvalue weighted by molar-refractivity contribution is 0.148.